The highest BCUT2D eigenvalue weighted by Crippen LogP contribution is 2.40. The van der Waals surface area contributed by atoms with Gasteiger partial charge in [0.1, 0.15) is 0 Å². The number of carbonyl (C=O) groups is 2. The molecule has 0 radical (unpaired) electrons. The van der Waals surface area contributed by atoms with Crippen LogP contribution in [-0.4, -0.2) is 27.2 Å². The lowest BCUT2D eigenvalue weighted by atomic mass is 9.70. The second-order valence-corrected chi connectivity index (χ2v) is 8.37. The van der Waals surface area contributed by atoms with Gasteiger partial charge in [-0.25, -0.2) is 5.84 Å². The Balaban J connectivity index is 3.16. The fourth-order valence-electron chi connectivity index (χ4n) is 3.37. The van der Waals surface area contributed by atoms with Crippen molar-refractivity contribution in [3.05, 3.63) is 24.0 Å². The molecular formula is C16H28N4O2S. The molecule has 1 aliphatic rings. The molecule has 0 saturated carbocycles. The van der Waals surface area contributed by atoms with Crippen LogP contribution in [0.15, 0.2) is 24.0 Å². The minimum Gasteiger partial charge on any atom is -0.401 e. The highest BCUT2D eigenvalue weighted by atomic mass is 32.1. The minimum absolute atomic E-state index is 0.0446. The molecule has 130 valence electrons. The summed E-state index contributed by atoms with van der Waals surface area (Å²) >= 11 is 3.94. The van der Waals surface area contributed by atoms with Gasteiger partial charge in [-0.15, -0.1) is 0 Å². The Bertz CT molecular complexity index is 515. The summed E-state index contributed by atoms with van der Waals surface area (Å²) in [7, 11) is 0. The third kappa shape index (κ3) is 5.58. The molecule has 2 amide bonds. The predicted molar refractivity (Wildman–Crippen MR) is 94.5 cm³/mol. The molecular weight excluding hydrogens is 312 g/mol. The largest absolute Gasteiger partial charge is 0.401 e. The van der Waals surface area contributed by atoms with Crippen molar-refractivity contribution in [1.29, 1.82) is 0 Å². The van der Waals surface area contributed by atoms with Crippen LogP contribution in [0, 0.1) is 10.8 Å². The molecule has 1 atom stereocenters. The van der Waals surface area contributed by atoms with Crippen molar-refractivity contribution in [3.63, 3.8) is 0 Å². The van der Waals surface area contributed by atoms with Crippen LogP contribution in [-0.2, 0) is 9.59 Å². The number of rotatable bonds is 6. The third-order valence-electron chi connectivity index (χ3n) is 3.77. The molecule has 0 bridgehead atoms. The molecule has 23 heavy (non-hydrogen) atoms. The van der Waals surface area contributed by atoms with Gasteiger partial charge < -0.3 is 5.73 Å². The number of nitrogens with two attached hydrogens (primary N) is 2. The van der Waals surface area contributed by atoms with Crippen LogP contribution in [0.5, 0.6) is 0 Å². The van der Waals surface area contributed by atoms with Crippen molar-refractivity contribution in [1.82, 2.24) is 9.31 Å². The summed E-state index contributed by atoms with van der Waals surface area (Å²) in [6.07, 6.45) is 5.24. The predicted octanol–water partition coefficient (Wildman–Crippen LogP) is 1.95. The number of imide groups is 1. The molecule has 0 aromatic rings. The average molecular weight is 340 g/mol. The summed E-state index contributed by atoms with van der Waals surface area (Å²) in [6, 6.07) is -0.360. The zero-order valence-corrected chi connectivity index (χ0v) is 15.4. The molecule has 1 unspecified atom stereocenters. The first kappa shape index (κ1) is 19.6. The van der Waals surface area contributed by atoms with E-state index in [4.69, 9.17) is 11.6 Å². The summed E-state index contributed by atoms with van der Waals surface area (Å²) in [4.78, 5) is 25.6. The van der Waals surface area contributed by atoms with Crippen molar-refractivity contribution in [3.8, 4) is 0 Å². The topological polar surface area (TPSA) is 92.7 Å². The van der Waals surface area contributed by atoms with Crippen LogP contribution >= 0.6 is 12.8 Å². The van der Waals surface area contributed by atoms with Gasteiger partial charge in [-0.05, 0) is 17.3 Å². The molecule has 7 heteroatoms. The summed E-state index contributed by atoms with van der Waals surface area (Å²) in [5, 5.41) is 0. The summed E-state index contributed by atoms with van der Waals surface area (Å²) in [5.74, 6) is 4.87. The maximum Gasteiger partial charge on any atom is 0.253 e. The van der Waals surface area contributed by atoms with E-state index in [1.807, 2.05) is 0 Å². The van der Waals surface area contributed by atoms with E-state index < -0.39 is 0 Å². The van der Waals surface area contributed by atoms with Crippen LogP contribution in [0.25, 0.3) is 0 Å². The van der Waals surface area contributed by atoms with Gasteiger partial charge in [0, 0.05) is 30.5 Å². The first-order valence-electron chi connectivity index (χ1n) is 7.58. The Morgan fingerprint density at radius 1 is 1.26 bits per heavy atom. The van der Waals surface area contributed by atoms with Crippen molar-refractivity contribution in [2.24, 2.45) is 22.4 Å². The number of thiol groups is 1. The second kappa shape index (κ2) is 6.97. The smallest absolute Gasteiger partial charge is 0.253 e. The molecule has 4 N–H and O–H groups in total. The maximum absolute atomic E-state index is 12.1. The molecule has 1 rings (SSSR count). The zero-order chi connectivity index (χ0) is 18.0. The quantitative estimate of drug-likeness (QED) is 0.297. The highest BCUT2D eigenvalue weighted by Gasteiger charge is 2.42. The highest BCUT2D eigenvalue weighted by molar-refractivity contribution is 7.77. The van der Waals surface area contributed by atoms with Crippen molar-refractivity contribution >= 4 is 24.6 Å². The van der Waals surface area contributed by atoms with Crippen molar-refractivity contribution < 1.29 is 9.59 Å². The number of nitrogens with zero attached hydrogens (tertiary/aromatic N) is 2. The van der Waals surface area contributed by atoms with E-state index in [9.17, 15) is 9.59 Å². The number of hydrazine groups is 1. The zero-order valence-electron chi connectivity index (χ0n) is 14.5. The molecule has 1 heterocycles. The second-order valence-electron chi connectivity index (χ2n) is 7.91. The van der Waals surface area contributed by atoms with Gasteiger partial charge in [0.25, 0.3) is 11.8 Å². The summed E-state index contributed by atoms with van der Waals surface area (Å²) in [6.45, 7) is 10.5. The lowest BCUT2D eigenvalue weighted by molar-refractivity contribution is -0.143. The fourth-order valence-corrected chi connectivity index (χ4v) is 3.51. The van der Waals surface area contributed by atoms with Crippen LogP contribution in [0.2, 0.25) is 0 Å². The van der Waals surface area contributed by atoms with Gasteiger partial charge in [0.15, 0.2) is 0 Å². The Kier molecular flexibility index (Phi) is 5.93. The summed E-state index contributed by atoms with van der Waals surface area (Å²) in [5.41, 5.74) is 6.20. The first-order valence-corrected chi connectivity index (χ1v) is 7.98. The van der Waals surface area contributed by atoms with Gasteiger partial charge in [-0.2, -0.15) is 0 Å². The van der Waals surface area contributed by atoms with E-state index >= 15 is 0 Å². The van der Waals surface area contributed by atoms with Gasteiger partial charge in [0.2, 0.25) is 0 Å². The molecule has 0 aliphatic carbocycles. The van der Waals surface area contributed by atoms with Gasteiger partial charge in [-0.1, -0.05) is 47.4 Å². The average Bonchev–Trinajstić information content (AvgIpc) is 2.62. The molecule has 1 aliphatic heterocycles. The summed E-state index contributed by atoms with van der Waals surface area (Å²) < 4.78 is 1.06. The molecule has 0 spiro atoms. The number of hydrogen-bond acceptors (Lipinski definition) is 6. The van der Waals surface area contributed by atoms with E-state index in [1.165, 1.54) is 23.3 Å². The molecule has 0 aromatic carbocycles. The Morgan fingerprint density at radius 2 is 1.74 bits per heavy atom. The van der Waals surface area contributed by atoms with E-state index in [-0.39, 0.29) is 28.7 Å². The van der Waals surface area contributed by atoms with Gasteiger partial charge in [-0.3, -0.25) is 18.9 Å². The fraction of sp³-hybridized carbons (Fsp3) is 0.625. The third-order valence-corrected chi connectivity index (χ3v) is 3.89. The lowest BCUT2D eigenvalue weighted by Gasteiger charge is -2.43. The number of carbonyl (C=O) groups excluding carboxylic acids is 2. The van der Waals surface area contributed by atoms with Gasteiger partial charge >= 0.3 is 0 Å². The van der Waals surface area contributed by atoms with Crippen LogP contribution in [0.3, 0.4) is 0 Å². The Labute approximate surface area is 144 Å². The van der Waals surface area contributed by atoms with E-state index in [1.54, 1.807) is 0 Å². The maximum atomic E-state index is 12.1. The van der Waals surface area contributed by atoms with Crippen LogP contribution in [0.4, 0.5) is 0 Å². The Hall–Kier alpha value is -1.47. The SMILES string of the molecule is CC(C)(C)CC(C)(C)C(C/C(N)=C/N(N)S)N1C(=O)C=CC1=O. The minimum atomic E-state index is -0.360. The normalized spacial score (nSPS) is 17.9. The first-order chi connectivity index (χ1) is 10.3. The molecule has 6 nitrogen and oxygen atoms in total. The van der Waals surface area contributed by atoms with Crippen molar-refractivity contribution in [2.45, 2.75) is 53.5 Å². The van der Waals surface area contributed by atoms with Crippen LogP contribution < -0.4 is 11.6 Å². The van der Waals surface area contributed by atoms with Crippen molar-refractivity contribution in [2.75, 3.05) is 0 Å². The molecule has 0 aromatic heterocycles. The standard InChI is InChI=1S/C16H28N4O2S/c1-15(2,3)10-16(4,5)12(8-11(17)9-19(18)23)20-13(21)6-7-14(20)22/h6-7,9,12,23H,8,10,17-18H2,1-5H3/b11-9-. The lowest BCUT2D eigenvalue weighted by Crippen LogP contribution is -2.50. The van der Waals surface area contributed by atoms with E-state index in [0.717, 1.165) is 10.8 Å². The monoisotopic (exact) mass is 340 g/mol. The van der Waals surface area contributed by atoms with Gasteiger partial charge in [0.05, 0.1) is 6.04 Å². The number of hydrogen-bond donors (Lipinski definition) is 3. The van der Waals surface area contributed by atoms with Crippen LogP contribution in [0.1, 0.15) is 47.5 Å². The molecule has 0 fully saturated rings. The van der Waals surface area contributed by atoms with E-state index in [0.29, 0.717) is 12.1 Å². The van der Waals surface area contributed by atoms with E-state index in [2.05, 4.69) is 47.4 Å². The molecule has 0 saturated heterocycles. The Morgan fingerprint density at radius 3 is 2.13 bits per heavy atom. The number of amides is 2.